The van der Waals surface area contributed by atoms with Crippen LogP contribution in [0.4, 0.5) is 0 Å². The summed E-state index contributed by atoms with van der Waals surface area (Å²) in [4.78, 5) is 36.1. The number of carbonyl (C=O) groups is 3. The summed E-state index contributed by atoms with van der Waals surface area (Å²) >= 11 is 0. The Morgan fingerprint density at radius 2 is 1.64 bits per heavy atom. The van der Waals surface area contributed by atoms with Crippen molar-refractivity contribution in [2.24, 2.45) is 0 Å². The molecule has 1 saturated heterocycles. The lowest BCUT2D eigenvalue weighted by Crippen LogP contribution is -2.28. The van der Waals surface area contributed by atoms with Gasteiger partial charge < -0.3 is 10.1 Å². The zero-order valence-corrected chi connectivity index (χ0v) is 13.6. The maximum atomic E-state index is 12.4. The second-order valence-electron chi connectivity index (χ2n) is 6.39. The average molecular weight is 335 g/mol. The van der Waals surface area contributed by atoms with E-state index in [4.69, 9.17) is 4.74 Å². The molecule has 0 spiro atoms. The van der Waals surface area contributed by atoms with Gasteiger partial charge >= 0.3 is 0 Å². The number of allylic oxidation sites excluding steroid dienone is 6. The lowest BCUT2D eigenvalue weighted by molar-refractivity contribution is -0.114. The number of Topliss-reactive ketones (excluding diaryl/α,β-unsaturated/α-hetero) is 2. The zero-order chi connectivity index (χ0) is 17.4. The molecule has 4 rings (SSSR count). The normalized spacial score (nSPS) is 20.7. The van der Waals surface area contributed by atoms with Gasteiger partial charge in [0.05, 0.1) is 5.56 Å². The average Bonchev–Trinajstić information content (AvgIpc) is 2.66. The number of fused-ring (bicyclic) bond motifs is 1. The van der Waals surface area contributed by atoms with Crippen molar-refractivity contribution in [2.75, 3.05) is 13.1 Å². The topological polar surface area (TPSA) is 72.5 Å². The molecule has 126 valence electrons. The van der Waals surface area contributed by atoms with E-state index in [1.54, 1.807) is 6.07 Å². The zero-order valence-electron chi connectivity index (χ0n) is 13.6. The van der Waals surface area contributed by atoms with Crippen molar-refractivity contribution in [2.45, 2.75) is 18.8 Å². The summed E-state index contributed by atoms with van der Waals surface area (Å²) in [5.74, 6) is -0.583. The minimum Gasteiger partial charge on any atom is -0.452 e. The predicted octanol–water partition coefficient (Wildman–Crippen LogP) is 2.25. The standard InChI is InChI=1S/C20H17NO4/c22-15-4-1-13(2-5-15)20-19(24)18(23)16-6-3-14(11-17(16)25-20)12-7-9-21-10-8-12/h1-6,11-12,21H,7-10H2. The first-order valence-corrected chi connectivity index (χ1v) is 8.39. The van der Waals surface area contributed by atoms with Crippen LogP contribution in [-0.2, 0) is 9.59 Å². The number of piperidine rings is 1. The molecule has 2 aliphatic heterocycles. The van der Waals surface area contributed by atoms with E-state index in [-0.39, 0.29) is 11.5 Å². The molecule has 3 aliphatic rings. The molecule has 1 aromatic rings. The molecule has 0 radical (unpaired) electrons. The molecule has 5 heteroatoms. The molecular weight excluding hydrogens is 318 g/mol. The van der Waals surface area contributed by atoms with Crippen molar-refractivity contribution in [3.8, 4) is 5.75 Å². The van der Waals surface area contributed by atoms with Gasteiger partial charge in [0, 0.05) is 5.57 Å². The molecule has 0 unspecified atom stereocenters. The summed E-state index contributed by atoms with van der Waals surface area (Å²) in [5.41, 5.74) is 1.86. The van der Waals surface area contributed by atoms with Crippen molar-refractivity contribution < 1.29 is 19.1 Å². The highest BCUT2D eigenvalue weighted by atomic mass is 16.5. The van der Waals surface area contributed by atoms with E-state index in [2.05, 4.69) is 5.32 Å². The Bertz CT molecular complexity index is 852. The van der Waals surface area contributed by atoms with E-state index in [1.165, 1.54) is 24.3 Å². The van der Waals surface area contributed by atoms with Gasteiger partial charge in [-0.1, -0.05) is 6.07 Å². The number of rotatable bonds is 1. The Balaban J connectivity index is 1.72. The van der Waals surface area contributed by atoms with Crippen LogP contribution in [0.15, 0.2) is 53.8 Å². The summed E-state index contributed by atoms with van der Waals surface area (Å²) in [6.45, 7) is 1.94. The molecule has 25 heavy (non-hydrogen) atoms. The number of carbonyl (C=O) groups excluding carboxylic acids is 3. The van der Waals surface area contributed by atoms with Crippen LogP contribution in [-0.4, -0.2) is 30.4 Å². The van der Waals surface area contributed by atoms with E-state index in [9.17, 15) is 14.4 Å². The fraction of sp³-hybridized carbons (Fsp3) is 0.250. The van der Waals surface area contributed by atoms with Gasteiger partial charge in [-0.2, -0.15) is 0 Å². The van der Waals surface area contributed by atoms with Crippen LogP contribution in [0.2, 0.25) is 0 Å². The molecule has 2 heterocycles. The van der Waals surface area contributed by atoms with E-state index in [0.29, 0.717) is 22.8 Å². The van der Waals surface area contributed by atoms with Crippen LogP contribution in [0.25, 0.3) is 0 Å². The summed E-state index contributed by atoms with van der Waals surface area (Å²) in [6, 6.07) is 5.47. The third-order valence-electron chi connectivity index (χ3n) is 4.80. The number of hydrogen-bond acceptors (Lipinski definition) is 5. The van der Waals surface area contributed by atoms with Crippen LogP contribution in [0, 0.1) is 0 Å². The molecule has 1 fully saturated rings. The first-order chi connectivity index (χ1) is 12.1. The first kappa shape index (κ1) is 15.7. The van der Waals surface area contributed by atoms with Gasteiger partial charge in [-0.3, -0.25) is 14.4 Å². The second kappa shape index (κ2) is 6.26. The second-order valence-corrected chi connectivity index (χ2v) is 6.39. The molecule has 0 bridgehead atoms. The van der Waals surface area contributed by atoms with Gasteiger partial charge in [0.2, 0.25) is 5.78 Å². The number of ketones is 3. The first-order valence-electron chi connectivity index (χ1n) is 8.39. The molecule has 0 aromatic heterocycles. The van der Waals surface area contributed by atoms with Gasteiger partial charge in [-0.25, -0.2) is 0 Å². The summed E-state index contributed by atoms with van der Waals surface area (Å²) < 4.78 is 5.80. The quantitative estimate of drug-likeness (QED) is 0.629. The molecule has 5 nitrogen and oxygen atoms in total. The molecule has 0 amide bonds. The van der Waals surface area contributed by atoms with E-state index >= 15 is 0 Å². The summed E-state index contributed by atoms with van der Waals surface area (Å²) in [6.07, 6.45) is 7.78. The number of ether oxygens (including phenoxy) is 1. The monoisotopic (exact) mass is 335 g/mol. The highest BCUT2D eigenvalue weighted by molar-refractivity contribution is 6.50. The predicted molar refractivity (Wildman–Crippen MR) is 91.6 cm³/mol. The Hall–Kier alpha value is -2.79. The Kier molecular flexibility index (Phi) is 3.93. The van der Waals surface area contributed by atoms with Crippen molar-refractivity contribution in [3.63, 3.8) is 0 Å². The molecular formula is C20H17NO4. The maximum absolute atomic E-state index is 12.4. The van der Waals surface area contributed by atoms with Gasteiger partial charge in [-0.05, 0) is 73.8 Å². The fourth-order valence-electron chi connectivity index (χ4n) is 3.40. The van der Waals surface area contributed by atoms with Crippen LogP contribution in [0.1, 0.15) is 34.7 Å². The van der Waals surface area contributed by atoms with Gasteiger partial charge in [0.15, 0.2) is 11.5 Å². The molecule has 1 aromatic carbocycles. The van der Waals surface area contributed by atoms with E-state index in [0.717, 1.165) is 31.5 Å². The third-order valence-corrected chi connectivity index (χ3v) is 4.80. The molecule has 0 saturated carbocycles. The van der Waals surface area contributed by atoms with E-state index < -0.39 is 11.6 Å². The Morgan fingerprint density at radius 3 is 2.36 bits per heavy atom. The van der Waals surface area contributed by atoms with Crippen LogP contribution < -0.4 is 10.1 Å². The highest BCUT2D eigenvalue weighted by Crippen LogP contribution is 2.35. The van der Waals surface area contributed by atoms with Gasteiger partial charge in [-0.15, -0.1) is 0 Å². The van der Waals surface area contributed by atoms with Crippen LogP contribution >= 0.6 is 0 Å². The van der Waals surface area contributed by atoms with Gasteiger partial charge in [0.25, 0.3) is 5.78 Å². The van der Waals surface area contributed by atoms with E-state index in [1.807, 2.05) is 12.1 Å². The van der Waals surface area contributed by atoms with Crippen LogP contribution in [0.5, 0.6) is 5.75 Å². The van der Waals surface area contributed by atoms with Crippen molar-refractivity contribution in [1.29, 1.82) is 0 Å². The Labute approximate surface area is 145 Å². The minimum absolute atomic E-state index is 0.0139. The Morgan fingerprint density at radius 1 is 0.920 bits per heavy atom. The molecule has 1 aliphatic carbocycles. The van der Waals surface area contributed by atoms with Crippen molar-refractivity contribution in [1.82, 2.24) is 5.32 Å². The summed E-state index contributed by atoms with van der Waals surface area (Å²) in [5, 5.41) is 3.33. The lowest BCUT2D eigenvalue weighted by atomic mass is 9.88. The SMILES string of the molecule is O=C1C=CC(=C2Oc3cc(C4CCNCC4)ccc3C(=O)C2=O)C=C1. The number of hydrogen-bond donors (Lipinski definition) is 1. The number of benzene rings is 1. The van der Waals surface area contributed by atoms with Gasteiger partial charge in [0.1, 0.15) is 5.75 Å². The highest BCUT2D eigenvalue weighted by Gasteiger charge is 2.33. The smallest absolute Gasteiger partial charge is 0.269 e. The minimum atomic E-state index is -0.680. The lowest BCUT2D eigenvalue weighted by Gasteiger charge is -2.25. The third kappa shape index (κ3) is 2.87. The number of nitrogens with one attached hydrogen (secondary N) is 1. The van der Waals surface area contributed by atoms with Crippen LogP contribution in [0.3, 0.4) is 0 Å². The van der Waals surface area contributed by atoms with Crippen molar-refractivity contribution >= 4 is 17.3 Å². The van der Waals surface area contributed by atoms with Crippen molar-refractivity contribution in [3.05, 3.63) is 65.0 Å². The molecule has 1 N–H and O–H groups in total. The maximum Gasteiger partial charge on any atom is 0.269 e. The summed E-state index contributed by atoms with van der Waals surface area (Å²) in [7, 11) is 0. The largest absolute Gasteiger partial charge is 0.452 e. The fourth-order valence-corrected chi connectivity index (χ4v) is 3.40. The molecule has 0 atom stereocenters.